The Labute approximate surface area is 296 Å². The van der Waals surface area contributed by atoms with Crippen LogP contribution in [0.1, 0.15) is 54.2 Å². The molecule has 6 rings (SSSR count). The number of hydrogen-bond acceptors (Lipinski definition) is 9. The third kappa shape index (κ3) is 8.60. The normalized spacial score (nSPS) is 19.2. The van der Waals surface area contributed by atoms with Gasteiger partial charge in [0.2, 0.25) is 0 Å². The Morgan fingerprint density at radius 1 is 1.12 bits per heavy atom. The number of hydrazine groups is 1. The highest BCUT2D eigenvalue weighted by atomic mass is 32.2. The lowest BCUT2D eigenvalue weighted by molar-refractivity contribution is -0.126. The molecule has 0 amide bonds. The van der Waals surface area contributed by atoms with Crippen LogP contribution in [0.2, 0.25) is 0 Å². The van der Waals surface area contributed by atoms with Crippen molar-refractivity contribution in [2.75, 3.05) is 50.8 Å². The van der Waals surface area contributed by atoms with E-state index in [0.717, 1.165) is 80.9 Å². The zero-order valence-corrected chi connectivity index (χ0v) is 30.8. The molecule has 1 unspecified atom stereocenters. The van der Waals surface area contributed by atoms with Crippen LogP contribution in [-0.2, 0) is 35.6 Å². The molecule has 2 aliphatic heterocycles. The number of thiophene rings is 1. The molecule has 270 valence electrons. The monoisotopic (exact) mass is 729 g/mol. The summed E-state index contributed by atoms with van der Waals surface area (Å²) in [6.45, 7) is 12.7. The Kier molecular flexibility index (Phi) is 10.8. The van der Waals surface area contributed by atoms with Gasteiger partial charge in [-0.15, -0.1) is 11.3 Å². The number of halogens is 3. The molecule has 2 fully saturated rings. The number of nitrogens with one attached hydrogen (secondary N) is 2. The molecule has 0 bridgehead atoms. The summed E-state index contributed by atoms with van der Waals surface area (Å²) in [5.41, 5.74) is 4.14. The van der Waals surface area contributed by atoms with Crippen molar-refractivity contribution in [1.29, 1.82) is 5.26 Å². The molecular formula is C35H46F3N9OS2. The van der Waals surface area contributed by atoms with E-state index in [1.165, 1.54) is 11.1 Å². The van der Waals surface area contributed by atoms with Crippen molar-refractivity contribution in [1.82, 2.24) is 34.2 Å². The minimum Gasteiger partial charge on any atom is -0.367 e. The van der Waals surface area contributed by atoms with Gasteiger partial charge in [-0.05, 0) is 61.9 Å². The van der Waals surface area contributed by atoms with Crippen molar-refractivity contribution in [3.05, 3.63) is 51.8 Å². The standard InChI is InChI=1S/C35H46F3N9OS2/c1-6-32-41-33(30-18-28(19-35(36,37)38)49-34(30)42-32)40-26-9-11-44(12-10-26)22-25-7-8-31-29(24(25)3)17-27(20-39)47(31)21-23(2)45-13-15-46(16-14-45)43-50(4,5)48/h7-8,17-18,23,26H,4,6,9-16,19,21-22H2,1-3,5H3,(H,43,48)(H,40,41,42)/t23-,50?/m0/s1. The Hall–Kier alpha value is -3.26. The first-order valence-corrected chi connectivity index (χ1v) is 20.1. The van der Waals surface area contributed by atoms with Crippen molar-refractivity contribution in [2.24, 2.45) is 0 Å². The largest absolute Gasteiger partial charge is 0.393 e. The third-order valence-corrected chi connectivity index (χ3v) is 11.5. The lowest BCUT2D eigenvalue weighted by Gasteiger charge is -2.38. The highest BCUT2D eigenvalue weighted by molar-refractivity contribution is 7.97. The summed E-state index contributed by atoms with van der Waals surface area (Å²) >= 11 is 1.09. The minimum atomic E-state index is -4.27. The van der Waals surface area contributed by atoms with Gasteiger partial charge in [-0.1, -0.05) is 13.0 Å². The second-order valence-electron chi connectivity index (χ2n) is 13.8. The van der Waals surface area contributed by atoms with Crippen molar-refractivity contribution < 1.29 is 17.4 Å². The molecule has 0 spiro atoms. The maximum absolute atomic E-state index is 13.1. The summed E-state index contributed by atoms with van der Waals surface area (Å²) in [4.78, 5) is 17.9. The van der Waals surface area contributed by atoms with Crippen LogP contribution in [0.5, 0.6) is 0 Å². The number of aromatic nitrogens is 3. The van der Waals surface area contributed by atoms with Crippen molar-refractivity contribution in [3.8, 4) is 6.07 Å². The Balaban J connectivity index is 1.09. The van der Waals surface area contributed by atoms with Gasteiger partial charge in [0.25, 0.3) is 0 Å². The van der Waals surface area contributed by atoms with E-state index < -0.39 is 22.3 Å². The maximum atomic E-state index is 13.1. The first-order chi connectivity index (χ1) is 23.7. The molecule has 2 saturated heterocycles. The summed E-state index contributed by atoms with van der Waals surface area (Å²) in [6.07, 6.45) is -1.24. The lowest BCUT2D eigenvalue weighted by atomic mass is 10.0. The molecule has 2 atom stereocenters. The molecule has 2 aliphatic rings. The number of alkyl halides is 3. The molecule has 0 saturated carbocycles. The second kappa shape index (κ2) is 14.8. The predicted molar refractivity (Wildman–Crippen MR) is 197 cm³/mol. The number of nitrogens with zero attached hydrogens (tertiary/aromatic N) is 7. The van der Waals surface area contributed by atoms with Crippen LogP contribution in [0, 0.1) is 18.3 Å². The van der Waals surface area contributed by atoms with E-state index in [9.17, 15) is 22.6 Å². The summed E-state index contributed by atoms with van der Waals surface area (Å²) in [7, 11) is -2.30. The molecular weight excluding hydrogens is 684 g/mol. The number of hydrogen-bond donors (Lipinski definition) is 2. The van der Waals surface area contributed by atoms with Gasteiger partial charge in [0.1, 0.15) is 28.2 Å². The molecule has 15 heteroatoms. The van der Waals surface area contributed by atoms with Gasteiger partial charge < -0.3 is 9.88 Å². The fraction of sp³-hybridized carbons (Fsp3) is 0.543. The van der Waals surface area contributed by atoms with Crippen molar-refractivity contribution >= 4 is 53.9 Å². The molecule has 0 aliphatic carbocycles. The number of fused-ring (bicyclic) bond motifs is 2. The van der Waals surface area contributed by atoms with E-state index >= 15 is 0 Å². The summed E-state index contributed by atoms with van der Waals surface area (Å²) in [5, 5.41) is 17.4. The van der Waals surface area contributed by atoms with Crippen LogP contribution in [0.3, 0.4) is 0 Å². The number of piperazine rings is 1. The van der Waals surface area contributed by atoms with E-state index in [2.05, 4.69) is 72.4 Å². The molecule has 3 aromatic heterocycles. The number of aryl methyl sites for hydroxylation is 2. The number of anilines is 1. The molecule has 4 aromatic rings. The van der Waals surface area contributed by atoms with Crippen LogP contribution in [0.4, 0.5) is 19.0 Å². The zero-order valence-electron chi connectivity index (χ0n) is 29.1. The van der Waals surface area contributed by atoms with Gasteiger partial charge >= 0.3 is 6.18 Å². The lowest BCUT2D eigenvalue weighted by Crippen LogP contribution is -2.55. The Morgan fingerprint density at radius 2 is 1.84 bits per heavy atom. The average molecular weight is 730 g/mol. The molecule has 0 radical (unpaired) electrons. The van der Waals surface area contributed by atoms with Crippen LogP contribution >= 0.6 is 11.3 Å². The fourth-order valence-corrected chi connectivity index (χ4v) is 8.93. The van der Waals surface area contributed by atoms with Crippen molar-refractivity contribution in [3.63, 3.8) is 0 Å². The van der Waals surface area contributed by atoms with E-state index in [1.54, 1.807) is 12.3 Å². The maximum Gasteiger partial charge on any atom is 0.393 e. The van der Waals surface area contributed by atoms with Gasteiger partial charge in [0.05, 0.1) is 11.8 Å². The zero-order chi connectivity index (χ0) is 35.8. The highest BCUT2D eigenvalue weighted by Crippen LogP contribution is 2.34. The van der Waals surface area contributed by atoms with Gasteiger partial charge in [0, 0.05) is 103 Å². The minimum absolute atomic E-state index is 0.161. The number of piperidine rings is 1. The average Bonchev–Trinajstić information content (AvgIpc) is 3.62. The van der Waals surface area contributed by atoms with Crippen LogP contribution in [-0.4, -0.2) is 103 Å². The van der Waals surface area contributed by atoms with E-state index in [1.807, 2.05) is 18.0 Å². The van der Waals surface area contributed by atoms with Gasteiger partial charge in [-0.2, -0.15) is 23.3 Å². The number of nitriles is 1. The number of benzene rings is 1. The molecule has 2 N–H and O–H groups in total. The smallest absolute Gasteiger partial charge is 0.367 e. The number of rotatable bonds is 11. The molecule has 1 aromatic carbocycles. The van der Waals surface area contributed by atoms with E-state index in [-0.39, 0.29) is 17.0 Å². The third-order valence-electron chi connectivity index (χ3n) is 9.79. The summed E-state index contributed by atoms with van der Waals surface area (Å²) in [6, 6.07) is 10.7. The topological polar surface area (TPSA) is 105 Å². The molecule has 10 nitrogen and oxygen atoms in total. The van der Waals surface area contributed by atoms with Crippen LogP contribution in [0.15, 0.2) is 24.3 Å². The first-order valence-electron chi connectivity index (χ1n) is 17.1. The Morgan fingerprint density at radius 3 is 2.48 bits per heavy atom. The van der Waals surface area contributed by atoms with Crippen molar-refractivity contribution in [2.45, 2.75) is 77.8 Å². The van der Waals surface area contributed by atoms with Crippen LogP contribution < -0.4 is 10.1 Å². The molecule has 50 heavy (non-hydrogen) atoms. The number of likely N-dealkylation sites (tertiary alicyclic amines) is 1. The summed E-state index contributed by atoms with van der Waals surface area (Å²) < 4.78 is 53.5. The molecule has 5 heterocycles. The SMILES string of the molecule is C=S(C)(=O)NN1CCN([C@@H](C)Cn2c(C#N)cc3c(C)c(CN4CCC(Nc5nc(CC)nc6sc(CC(F)(F)F)cc56)CC4)ccc32)CC1. The van der Waals surface area contributed by atoms with Gasteiger partial charge in [-0.25, -0.2) is 15.0 Å². The first kappa shape index (κ1) is 36.5. The predicted octanol–water partition coefficient (Wildman–Crippen LogP) is 5.34. The summed E-state index contributed by atoms with van der Waals surface area (Å²) in [5.74, 6) is 4.95. The highest BCUT2D eigenvalue weighted by Gasteiger charge is 2.30. The fourth-order valence-electron chi connectivity index (χ4n) is 7.13. The van der Waals surface area contributed by atoms with Gasteiger partial charge in [-0.3, -0.25) is 14.0 Å². The quantitative estimate of drug-likeness (QED) is 0.200. The Bertz CT molecular complexity index is 1980. The van der Waals surface area contributed by atoms with E-state index in [4.69, 9.17) is 0 Å². The van der Waals surface area contributed by atoms with Gasteiger partial charge in [0.15, 0.2) is 0 Å². The van der Waals surface area contributed by atoms with E-state index in [0.29, 0.717) is 40.5 Å². The second-order valence-corrected chi connectivity index (χ2v) is 17.1. The van der Waals surface area contributed by atoms with Crippen LogP contribution in [0.25, 0.3) is 21.1 Å².